The first-order chi connectivity index (χ1) is 5.97. The summed E-state index contributed by atoms with van der Waals surface area (Å²) in [5.74, 6) is -0.497. The molecule has 0 rings (SSSR count). The van der Waals surface area contributed by atoms with E-state index in [0.29, 0.717) is 0 Å². The number of rotatable bonds is 4. The van der Waals surface area contributed by atoms with Gasteiger partial charge in [0.2, 0.25) is 5.91 Å². The highest BCUT2D eigenvalue weighted by molar-refractivity contribution is 5.84. The molecule has 3 N–H and O–H groups in total. The summed E-state index contributed by atoms with van der Waals surface area (Å²) >= 11 is 0. The molecule has 0 unspecified atom stereocenters. The largest absolute Gasteiger partial charge is 0.394 e. The zero-order chi connectivity index (χ0) is 10.5. The summed E-state index contributed by atoms with van der Waals surface area (Å²) in [6.45, 7) is 2.25. The predicted octanol–water partition coefficient (Wildman–Crippen LogP) is -0.994. The fourth-order valence-electron chi connectivity index (χ4n) is 0.566. The molecule has 0 aliphatic rings. The van der Waals surface area contributed by atoms with Gasteiger partial charge in [-0.05, 0) is 13.8 Å². The number of carbonyl (C=O) groups excluding carboxylic acids is 1. The van der Waals surface area contributed by atoms with E-state index in [1.807, 2.05) is 6.07 Å². The molecule has 0 spiro atoms. The van der Waals surface area contributed by atoms with E-state index in [0.717, 1.165) is 0 Å². The van der Waals surface area contributed by atoms with E-state index in [4.69, 9.17) is 15.5 Å². The Balaban J connectivity index is 4.23. The third-order valence-corrected chi connectivity index (χ3v) is 1.62. The van der Waals surface area contributed by atoms with Crippen LogP contribution in [0, 0.1) is 16.7 Å². The topological polar surface area (TPSA) is 93.4 Å². The quantitative estimate of drug-likeness (QED) is 0.525. The minimum absolute atomic E-state index is 0.344. The lowest BCUT2D eigenvalue weighted by molar-refractivity contribution is -0.128. The van der Waals surface area contributed by atoms with Crippen LogP contribution in [0.1, 0.15) is 13.8 Å². The van der Waals surface area contributed by atoms with Gasteiger partial charge in [0.25, 0.3) is 0 Å². The summed E-state index contributed by atoms with van der Waals surface area (Å²) in [6.07, 6.45) is 0. The van der Waals surface area contributed by atoms with Crippen molar-refractivity contribution in [2.75, 3.05) is 13.2 Å². The van der Waals surface area contributed by atoms with Crippen LogP contribution in [-0.2, 0) is 4.79 Å². The highest BCUT2D eigenvalue weighted by Gasteiger charge is 2.28. The first-order valence-electron chi connectivity index (χ1n) is 3.92. The summed E-state index contributed by atoms with van der Waals surface area (Å²) in [5.41, 5.74) is -1.14. The standard InChI is InChI=1S/C8H14N2O3/c1-8(2,5-9)7(13)10-6(3-11)4-12/h6,11-12H,3-4H2,1-2H3,(H,10,13). The van der Waals surface area contributed by atoms with Crippen molar-refractivity contribution in [3.05, 3.63) is 0 Å². The molecule has 0 radical (unpaired) electrons. The minimum atomic E-state index is -1.14. The van der Waals surface area contributed by atoms with Crippen LogP contribution < -0.4 is 5.32 Å². The molecule has 0 bridgehead atoms. The van der Waals surface area contributed by atoms with Crippen molar-refractivity contribution in [1.82, 2.24) is 5.32 Å². The highest BCUT2D eigenvalue weighted by Crippen LogP contribution is 2.12. The van der Waals surface area contributed by atoms with Gasteiger partial charge < -0.3 is 15.5 Å². The van der Waals surface area contributed by atoms with E-state index in [9.17, 15) is 4.79 Å². The molecule has 0 saturated carbocycles. The maximum Gasteiger partial charge on any atom is 0.240 e. The molecule has 0 aliphatic carbocycles. The van der Waals surface area contributed by atoms with Crippen LogP contribution in [0.2, 0.25) is 0 Å². The monoisotopic (exact) mass is 186 g/mol. The molecule has 74 valence electrons. The van der Waals surface area contributed by atoms with Crippen molar-refractivity contribution in [2.45, 2.75) is 19.9 Å². The lowest BCUT2D eigenvalue weighted by Crippen LogP contribution is -2.45. The number of nitriles is 1. The van der Waals surface area contributed by atoms with E-state index >= 15 is 0 Å². The molecule has 13 heavy (non-hydrogen) atoms. The number of aliphatic hydroxyl groups excluding tert-OH is 2. The number of nitrogens with zero attached hydrogens (tertiary/aromatic N) is 1. The van der Waals surface area contributed by atoms with Gasteiger partial charge in [-0.25, -0.2) is 0 Å². The molecule has 0 aliphatic heterocycles. The number of nitrogens with one attached hydrogen (secondary N) is 1. The van der Waals surface area contributed by atoms with E-state index in [1.54, 1.807) is 0 Å². The van der Waals surface area contributed by atoms with Crippen molar-refractivity contribution in [1.29, 1.82) is 5.26 Å². The van der Waals surface area contributed by atoms with Gasteiger partial charge in [-0.3, -0.25) is 4.79 Å². The first-order valence-corrected chi connectivity index (χ1v) is 3.92. The second-order valence-corrected chi connectivity index (χ2v) is 3.27. The third-order valence-electron chi connectivity index (χ3n) is 1.62. The highest BCUT2D eigenvalue weighted by atomic mass is 16.3. The number of hydrogen-bond donors (Lipinski definition) is 3. The molecule has 0 aromatic rings. The van der Waals surface area contributed by atoms with Crippen LogP contribution in [0.25, 0.3) is 0 Å². The molecule has 0 atom stereocenters. The molecule has 0 saturated heterocycles. The Morgan fingerprint density at radius 1 is 1.54 bits per heavy atom. The maximum atomic E-state index is 11.3. The molecular formula is C8H14N2O3. The second-order valence-electron chi connectivity index (χ2n) is 3.27. The number of amides is 1. The summed E-state index contributed by atoms with van der Waals surface area (Å²) in [5, 5.41) is 28.2. The Kier molecular flexibility index (Phi) is 4.38. The third kappa shape index (κ3) is 3.40. The van der Waals surface area contributed by atoms with Crippen molar-refractivity contribution in [3.63, 3.8) is 0 Å². The summed E-state index contributed by atoms with van der Waals surface area (Å²) in [7, 11) is 0. The van der Waals surface area contributed by atoms with E-state index in [2.05, 4.69) is 5.32 Å². The Bertz CT molecular complexity index is 216. The lowest BCUT2D eigenvalue weighted by Gasteiger charge is -2.19. The van der Waals surface area contributed by atoms with Crippen molar-refractivity contribution in [3.8, 4) is 6.07 Å². The Morgan fingerprint density at radius 2 is 2.00 bits per heavy atom. The lowest BCUT2D eigenvalue weighted by atomic mass is 9.94. The number of hydrogen-bond acceptors (Lipinski definition) is 4. The van der Waals surface area contributed by atoms with Gasteiger partial charge in [0.1, 0.15) is 5.41 Å². The smallest absolute Gasteiger partial charge is 0.240 e. The van der Waals surface area contributed by atoms with Crippen LogP contribution in [0.3, 0.4) is 0 Å². The van der Waals surface area contributed by atoms with Gasteiger partial charge in [-0.15, -0.1) is 0 Å². The first kappa shape index (κ1) is 11.9. The van der Waals surface area contributed by atoms with Gasteiger partial charge >= 0.3 is 0 Å². The fourth-order valence-corrected chi connectivity index (χ4v) is 0.566. The zero-order valence-corrected chi connectivity index (χ0v) is 7.74. The summed E-state index contributed by atoms with van der Waals surface area (Å²) < 4.78 is 0. The average Bonchev–Trinajstić information content (AvgIpc) is 2.13. The van der Waals surface area contributed by atoms with Gasteiger partial charge in [0.15, 0.2) is 0 Å². The van der Waals surface area contributed by atoms with Crippen molar-refractivity contribution in [2.24, 2.45) is 5.41 Å². The molecule has 0 fully saturated rings. The molecule has 0 aromatic carbocycles. The van der Waals surface area contributed by atoms with E-state index in [1.165, 1.54) is 13.8 Å². The number of aliphatic hydroxyl groups is 2. The number of carbonyl (C=O) groups is 1. The molecule has 0 aromatic heterocycles. The van der Waals surface area contributed by atoms with Crippen molar-refractivity contribution < 1.29 is 15.0 Å². The Morgan fingerprint density at radius 3 is 2.31 bits per heavy atom. The Labute approximate surface area is 77.0 Å². The zero-order valence-electron chi connectivity index (χ0n) is 7.74. The fraction of sp³-hybridized carbons (Fsp3) is 0.750. The van der Waals surface area contributed by atoms with Gasteiger partial charge in [-0.2, -0.15) is 5.26 Å². The molecule has 5 nitrogen and oxygen atoms in total. The van der Waals surface area contributed by atoms with Crippen LogP contribution in [0.5, 0.6) is 0 Å². The van der Waals surface area contributed by atoms with Crippen LogP contribution >= 0.6 is 0 Å². The van der Waals surface area contributed by atoms with Crippen LogP contribution in [0.15, 0.2) is 0 Å². The normalized spacial score (nSPS) is 11.1. The van der Waals surface area contributed by atoms with Gasteiger partial charge in [0, 0.05) is 0 Å². The minimum Gasteiger partial charge on any atom is -0.394 e. The van der Waals surface area contributed by atoms with Gasteiger partial charge in [-0.1, -0.05) is 0 Å². The molecular weight excluding hydrogens is 172 g/mol. The Hall–Kier alpha value is -1.12. The van der Waals surface area contributed by atoms with Gasteiger partial charge in [0.05, 0.1) is 25.3 Å². The molecule has 1 amide bonds. The van der Waals surface area contributed by atoms with Crippen molar-refractivity contribution >= 4 is 5.91 Å². The summed E-state index contributed by atoms with van der Waals surface area (Å²) in [4.78, 5) is 11.3. The maximum absolute atomic E-state index is 11.3. The van der Waals surface area contributed by atoms with E-state index in [-0.39, 0.29) is 13.2 Å². The van der Waals surface area contributed by atoms with Crippen LogP contribution in [-0.4, -0.2) is 35.4 Å². The summed E-state index contributed by atoms with van der Waals surface area (Å²) in [6, 6.07) is 1.12. The second kappa shape index (κ2) is 4.80. The molecule has 0 heterocycles. The predicted molar refractivity (Wildman–Crippen MR) is 45.5 cm³/mol. The van der Waals surface area contributed by atoms with Crippen LogP contribution in [0.4, 0.5) is 0 Å². The average molecular weight is 186 g/mol. The molecule has 5 heteroatoms. The SMILES string of the molecule is CC(C)(C#N)C(=O)NC(CO)CO. The van der Waals surface area contributed by atoms with E-state index < -0.39 is 17.4 Å².